The summed E-state index contributed by atoms with van der Waals surface area (Å²) in [7, 11) is 0. The summed E-state index contributed by atoms with van der Waals surface area (Å²) in [4.78, 5) is 29.7. The van der Waals surface area contributed by atoms with E-state index in [9.17, 15) is 9.59 Å². The Balaban J connectivity index is 1.44. The van der Waals surface area contributed by atoms with Gasteiger partial charge in [0.05, 0.1) is 12.1 Å². The van der Waals surface area contributed by atoms with Crippen LogP contribution in [0.2, 0.25) is 0 Å². The number of amides is 2. The van der Waals surface area contributed by atoms with Crippen molar-refractivity contribution in [2.75, 3.05) is 32.7 Å². The van der Waals surface area contributed by atoms with Crippen LogP contribution in [0.4, 0.5) is 0 Å². The molecular formula is C23H41N5O2. The molecular weight excluding hydrogens is 378 g/mol. The van der Waals surface area contributed by atoms with E-state index in [-0.39, 0.29) is 30.0 Å². The van der Waals surface area contributed by atoms with Crippen LogP contribution >= 0.6 is 0 Å². The van der Waals surface area contributed by atoms with Gasteiger partial charge >= 0.3 is 0 Å². The van der Waals surface area contributed by atoms with Gasteiger partial charge in [-0.25, -0.2) is 0 Å². The highest BCUT2D eigenvalue weighted by Gasteiger charge is 2.49. The first kappa shape index (κ1) is 22.0. The fraction of sp³-hybridized carbons (Fsp3) is 0.913. The van der Waals surface area contributed by atoms with Gasteiger partial charge in [-0.05, 0) is 89.9 Å². The Morgan fingerprint density at radius 3 is 2.47 bits per heavy atom. The van der Waals surface area contributed by atoms with E-state index in [4.69, 9.17) is 5.73 Å². The van der Waals surface area contributed by atoms with Crippen LogP contribution in [0.15, 0.2) is 0 Å². The molecule has 0 aromatic rings. The third-order valence-electron chi connectivity index (χ3n) is 8.07. The Bertz CT molecular complexity index is 619. The van der Waals surface area contributed by atoms with Crippen molar-refractivity contribution in [3.05, 3.63) is 0 Å². The average Bonchev–Trinajstić information content (AvgIpc) is 3.59. The van der Waals surface area contributed by atoms with Crippen molar-refractivity contribution in [2.45, 2.75) is 83.0 Å². The maximum atomic E-state index is 13.1. The molecule has 5 atom stereocenters. The molecule has 0 radical (unpaired) electrons. The van der Waals surface area contributed by atoms with Crippen molar-refractivity contribution in [1.29, 1.82) is 0 Å². The number of hydrogen-bond donors (Lipinski definition) is 3. The van der Waals surface area contributed by atoms with E-state index < -0.39 is 0 Å². The van der Waals surface area contributed by atoms with E-state index >= 15 is 0 Å². The molecule has 2 saturated carbocycles. The topological polar surface area (TPSA) is 90.7 Å². The first-order valence-electron chi connectivity index (χ1n) is 12.2. The van der Waals surface area contributed by atoms with E-state index in [0.29, 0.717) is 36.9 Å². The fourth-order valence-corrected chi connectivity index (χ4v) is 6.23. The second-order valence-electron chi connectivity index (χ2n) is 10.2. The van der Waals surface area contributed by atoms with Crippen molar-refractivity contribution < 1.29 is 9.59 Å². The molecule has 4 N–H and O–H groups in total. The van der Waals surface area contributed by atoms with Gasteiger partial charge in [0, 0.05) is 31.5 Å². The Morgan fingerprint density at radius 1 is 1.10 bits per heavy atom. The molecule has 2 aliphatic carbocycles. The number of hydrogen-bond acceptors (Lipinski definition) is 5. The van der Waals surface area contributed by atoms with Gasteiger partial charge in [0.25, 0.3) is 0 Å². The van der Waals surface area contributed by atoms with Crippen LogP contribution in [0.1, 0.15) is 58.8 Å². The minimum atomic E-state index is 0.106. The number of carbonyl (C=O) groups excluding carboxylic acids is 2. The molecule has 4 aliphatic rings. The molecule has 4 fully saturated rings. The van der Waals surface area contributed by atoms with E-state index in [1.165, 1.54) is 12.8 Å². The molecule has 0 aromatic carbocycles. The van der Waals surface area contributed by atoms with Gasteiger partial charge in [0.15, 0.2) is 0 Å². The van der Waals surface area contributed by atoms with Crippen LogP contribution in [-0.2, 0) is 9.59 Å². The lowest BCUT2D eigenvalue weighted by atomic mass is 9.73. The molecule has 7 heteroatoms. The average molecular weight is 420 g/mol. The standard InChI is InChI=1S/C23H41N5O2/c1-15-14-27(23(30)17-3-4-17)22-11-18(5-6-21(22)28(15)16(2)29)19(12-24)13-26-20-7-9-25-10-8-20/h15,17-22,25-26H,3-14,24H2,1-2H3/t15-,18?,19?,21?,22?/m0/s1. The smallest absolute Gasteiger partial charge is 0.226 e. The number of rotatable bonds is 6. The van der Waals surface area contributed by atoms with Crippen molar-refractivity contribution in [3.8, 4) is 0 Å². The first-order chi connectivity index (χ1) is 14.5. The van der Waals surface area contributed by atoms with Crippen molar-refractivity contribution >= 4 is 11.8 Å². The lowest BCUT2D eigenvalue weighted by molar-refractivity contribution is -0.155. The van der Waals surface area contributed by atoms with E-state index in [1.807, 2.05) is 0 Å². The highest BCUT2D eigenvalue weighted by Crippen LogP contribution is 2.41. The van der Waals surface area contributed by atoms with Crippen molar-refractivity contribution in [3.63, 3.8) is 0 Å². The van der Waals surface area contributed by atoms with Gasteiger partial charge in [-0.1, -0.05) is 0 Å². The van der Waals surface area contributed by atoms with Gasteiger partial charge < -0.3 is 26.2 Å². The number of nitrogens with zero attached hydrogens (tertiary/aromatic N) is 2. The molecule has 4 rings (SSSR count). The maximum absolute atomic E-state index is 13.1. The number of fused-ring (bicyclic) bond motifs is 1. The van der Waals surface area contributed by atoms with Crippen LogP contribution in [-0.4, -0.2) is 78.5 Å². The third kappa shape index (κ3) is 4.68. The highest BCUT2D eigenvalue weighted by atomic mass is 16.2. The maximum Gasteiger partial charge on any atom is 0.226 e. The normalized spacial score (nSPS) is 33.8. The van der Waals surface area contributed by atoms with E-state index in [1.54, 1.807) is 6.92 Å². The molecule has 2 aliphatic heterocycles. The molecule has 2 saturated heterocycles. The Hall–Kier alpha value is -1.18. The minimum absolute atomic E-state index is 0.106. The summed E-state index contributed by atoms with van der Waals surface area (Å²) in [5, 5.41) is 7.20. The zero-order valence-electron chi connectivity index (χ0n) is 18.8. The lowest BCUT2D eigenvalue weighted by Crippen LogP contribution is -2.67. The molecule has 0 bridgehead atoms. The predicted molar refractivity (Wildman–Crippen MR) is 118 cm³/mol. The third-order valence-corrected chi connectivity index (χ3v) is 8.07. The Morgan fingerprint density at radius 2 is 1.83 bits per heavy atom. The molecule has 0 aromatic heterocycles. The molecule has 30 heavy (non-hydrogen) atoms. The summed E-state index contributed by atoms with van der Waals surface area (Å²) in [6.45, 7) is 8.30. The number of nitrogens with two attached hydrogens (primary N) is 1. The number of piperazine rings is 1. The Kier molecular flexibility index (Phi) is 7.00. The zero-order chi connectivity index (χ0) is 21.3. The monoisotopic (exact) mass is 419 g/mol. The molecule has 4 unspecified atom stereocenters. The van der Waals surface area contributed by atoms with Gasteiger partial charge in [0.1, 0.15) is 0 Å². The molecule has 2 heterocycles. The van der Waals surface area contributed by atoms with E-state index in [2.05, 4.69) is 27.4 Å². The van der Waals surface area contributed by atoms with Crippen LogP contribution in [0.5, 0.6) is 0 Å². The lowest BCUT2D eigenvalue weighted by Gasteiger charge is -2.54. The number of nitrogens with one attached hydrogen (secondary N) is 2. The van der Waals surface area contributed by atoms with Gasteiger partial charge in [-0.2, -0.15) is 0 Å². The van der Waals surface area contributed by atoms with Gasteiger partial charge in [-0.15, -0.1) is 0 Å². The van der Waals surface area contributed by atoms with Gasteiger partial charge in [0.2, 0.25) is 11.8 Å². The first-order valence-corrected chi connectivity index (χ1v) is 12.2. The second kappa shape index (κ2) is 9.53. The molecule has 2 amide bonds. The van der Waals surface area contributed by atoms with Crippen molar-refractivity contribution in [2.24, 2.45) is 23.5 Å². The summed E-state index contributed by atoms with van der Waals surface area (Å²) in [6.07, 6.45) is 7.49. The molecule has 0 spiro atoms. The number of piperidine rings is 1. The zero-order valence-corrected chi connectivity index (χ0v) is 18.8. The van der Waals surface area contributed by atoms with Gasteiger partial charge in [-0.3, -0.25) is 9.59 Å². The fourth-order valence-electron chi connectivity index (χ4n) is 6.23. The summed E-state index contributed by atoms with van der Waals surface area (Å²) >= 11 is 0. The number of carbonyl (C=O) groups is 2. The summed E-state index contributed by atoms with van der Waals surface area (Å²) < 4.78 is 0. The molecule has 7 nitrogen and oxygen atoms in total. The SMILES string of the molecule is CC(=O)N1C2CCC(C(CN)CNC3CCNCC3)CC2N(C(=O)C2CC2)C[C@@H]1C. The summed E-state index contributed by atoms with van der Waals surface area (Å²) in [6, 6.07) is 1.02. The van der Waals surface area contributed by atoms with Crippen molar-refractivity contribution in [1.82, 2.24) is 20.4 Å². The minimum Gasteiger partial charge on any atom is -0.335 e. The largest absolute Gasteiger partial charge is 0.335 e. The Labute approximate surface area is 181 Å². The predicted octanol–water partition coefficient (Wildman–Crippen LogP) is 0.929. The van der Waals surface area contributed by atoms with E-state index in [0.717, 1.165) is 51.7 Å². The van der Waals surface area contributed by atoms with Crippen LogP contribution in [0.3, 0.4) is 0 Å². The van der Waals surface area contributed by atoms with Crippen LogP contribution < -0.4 is 16.4 Å². The van der Waals surface area contributed by atoms with Crippen LogP contribution in [0, 0.1) is 17.8 Å². The van der Waals surface area contributed by atoms with Crippen LogP contribution in [0.25, 0.3) is 0 Å². The summed E-state index contributed by atoms with van der Waals surface area (Å²) in [5.41, 5.74) is 6.24. The highest BCUT2D eigenvalue weighted by molar-refractivity contribution is 5.82. The second-order valence-corrected chi connectivity index (χ2v) is 10.2. The quantitative estimate of drug-likeness (QED) is 0.596. The summed E-state index contributed by atoms with van der Waals surface area (Å²) in [5.74, 6) is 1.66. The molecule has 170 valence electrons.